The zero-order valence-corrected chi connectivity index (χ0v) is 10.8. The molecule has 0 heterocycles. The van der Waals surface area contributed by atoms with Gasteiger partial charge in [0, 0.05) is 0 Å². The molecular weight excluding hydrogens is 236 g/mol. The summed E-state index contributed by atoms with van der Waals surface area (Å²) in [5.41, 5.74) is 0. The summed E-state index contributed by atoms with van der Waals surface area (Å²) in [7, 11) is 0. The second kappa shape index (κ2) is 7.36. The van der Waals surface area contributed by atoms with Crippen molar-refractivity contribution >= 4 is 50.8 Å². The van der Waals surface area contributed by atoms with E-state index in [0.29, 0.717) is 0 Å². The van der Waals surface area contributed by atoms with E-state index in [2.05, 4.69) is 24.3 Å². The van der Waals surface area contributed by atoms with Gasteiger partial charge in [0.2, 0.25) is 0 Å². The molecule has 0 nitrogen and oxygen atoms in total. The van der Waals surface area contributed by atoms with Crippen molar-refractivity contribution in [3.8, 4) is 0 Å². The van der Waals surface area contributed by atoms with Crippen LogP contribution >= 0.6 is 17.0 Å². The topological polar surface area (TPSA) is 0 Å². The van der Waals surface area contributed by atoms with Gasteiger partial charge in [0.1, 0.15) is 0 Å². The Kier molecular flexibility index (Phi) is 8.73. The Labute approximate surface area is 106 Å². The van der Waals surface area contributed by atoms with Gasteiger partial charge in [-0.05, 0) is 0 Å². The van der Waals surface area contributed by atoms with Crippen molar-refractivity contribution in [2.45, 2.75) is 0 Å². The minimum absolute atomic E-state index is 0. The third-order valence-electron chi connectivity index (χ3n) is 1.57. The van der Waals surface area contributed by atoms with Crippen LogP contribution in [0.3, 0.4) is 0 Å². The van der Waals surface area contributed by atoms with E-state index < -0.39 is 0 Å². The molecule has 2 aromatic carbocycles. The first-order chi connectivity index (χ1) is 4.97. The summed E-state index contributed by atoms with van der Waals surface area (Å²) in [4.78, 5) is 0. The van der Waals surface area contributed by atoms with Crippen molar-refractivity contribution in [2.75, 3.05) is 0 Å². The van der Waals surface area contributed by atoms with Crippen molar-refractivity contribution in [1.82, 2.24) is 0 Å². The van der Waals surface area contributed by atoms with E-state index in [9.17, 15) is 0 Å². The van der Waals surface area contributed by atoms with Crippen LogP contribution in [0.4, 0.5) is 0 Å². The molecule has 0 atom stereocenters. The minimum Gasteiger partial charge on any atom is -0.358 e. The third-order valence-corrected chi connectivity index (χ3v) is 1.57. The average Bonchev–Trinajstić information content (AvgIpc) is 2.05. The fourth-order valence-electron chi connectivity index (χ4n) is 1.06. The predicted molar refractivity (Wildman–Crippen MR) is 65.3 cm³/mol. The van der Waals surface area contributed by atoms with Crippen LogP contribution in [0.2, 0.25) is 0 Å². The van der Waals surface area contributed by atoms with Crippen LogP contribution in [0.15, 0.2) is 42.5 Å². The maximum Gasteiger partial charge on any atom is 2.00 e. The summed E-state index contributed by atoms with van der Waals surface area (Å²) in [6.45, 7) is 0. The second-order valence-electron chi connectivity index (χ2n) is 2.26. The van der Waals surface area contributed by atoms with E-state index in [1.165, 1.54) is 10.8 Å². The van der Waals surface area contributed by atoms with Gasteiger partial charge in [0.05, 0.1) is 0 Å². The van der Waals surface area contributed by atoms with Gasteiger partial charge in [-0.15, -0.1) is 64.2 Å². The Balaban J connectivity index is 0. The van der Waals surface area contributed by atoms with Gasteiger partial charge in [-0.3, -0.25) is 0 Å². The Morgan fingerprint density at radius 1 is 0.923 bits per heavy atom. The number of rotatable bonds is 0. The first-order valence-corrected chi connectivity index (χ1v) is 3.32. The zero-order chi connectivity index (χ0) is 6.81. The Hall–Kier alpha value is -0.0538. The van der Waals surface area contributed by atoms with E-state index in [1.807, 2.05) is 24.3 Å². The molecule has 0 spiro atoms. The number of fused-ring (bicyclic) bond motifs is 1. The molecule has 0 aromatic heterocycles. The van der Waals surface area contributed by atoms with Gasteiger partial charge in [-0.2, -0.15) is 0 Å². The van der Waals surface area contributed by atoms with Crippen molar-refractivity contribution in [1.29, 1.82) is 0 Å². The van der Waals surface area contributed by atoms with Crippen LogP contribution in [-0.2, 0) is 0 Å². The predicted octanol–water partition coefficient (Wildman–Crippen LogP) is 3.29. The molecule has 0 aliphatic heterocycles. The van der Waals surface area contributed by atoms with Crippen LogP contribution in [0.5, 0.6) is 0 Å². The smallest absolute Gasteiger partial charge is 0.358 e. The summed E-state index contributed by atoms with van der Waals surface area (Å²) in [6, 6.07) is 17.4. The van der Waals surface area contributed by atoms with Crippen LogP contribution < -0.4 is 0 Å². The first-order valence-electron chi connectivity index (χ1n) is 3.32. The molecule has 0 saturated heterocycles. The van der Waals surface area contributed by atoms with Crippen molar-refractivity contribution in [3.63, 3.8) is 0 Å². The van der Waals surface area contributed by atoms with E-state index in [-0.39, 0.29) is 47.5 Å². The molecule has 0 aliphatic carbocycles. The quantitative estimate of drug-likeness (QED) is 0.495. The number of hydrogen-bond acceptors (Lipinski definition) is 0. The van der Waals surface area contributed by atoms with Gasteiger partial charge in [0.25, 0.3) is 0 Å². The normalized spacial score (nSPS) is 7.69. The molecule has 64 valence electrons. The van der Waals surface area contributed by atoms with Crippen LogP contribution in [0, 0.1) is 13.5 Å². The molecule has 0 bridgehead atoms. The summed E-state index contributed by atoms with van der Waals surface area (Å²) in [5, 5.41) is 2.44. The number of benzene rings is 2. The molecule has 13 heavy (non-hydrogen) atoms. The molecule has 0 fully saturated rings. The molecule has 2 rings (SSSR count). The van der Waals surface area contributed by atoms with Crippen molar-refractivity contribution in [2.24, 2.45) is 0 Å². The molecule has 2 heteroatoms. The minimum atomic E-state index is 0. The number of hydrogen-bond donors (Lipinski definition) is 0. The molecule has 0 radical (unpaired) electrons. The number of halogens is 1. The standard InChI is InChI=1S/C10H7.CH3.BrH.Mg/c1-2-6-10-8-4-3-7-9(10)5-1;;;/h1-7H;1H3;1H;/q2*-1;;+2. The van der Waals surface area contributed by atoms with E-state index in [1.54, 1.807) is 0 Å². The average molecular weight is 247 g/mol. The van der Waals surface area contributed by atoms with Gasteiger partial charge in [-0.1, -0.05) is 12.1 Å². The summed E-state index contributed by atoms with van der Waals surface area (Å²) in [6.07, 6.45) is 0. The zero-order valence-electron chi connectivity index (χ0n) is 7.66. The Morgan fingerprint density at radius 2 is 1.54 bits per heavy atom. The Bertz CT molecular complexity index is 281. The molecule has 0 N–H and O–H groups in total. The molecule has 0 saturated carbocycles. The van der Waals surface area contributed by atoms with Gasteiger partial charge >= 0.3 is 23.1 Å². The molecule has 0 unspecified atom stereocenters. The SMILES string of the molecule is Br.[CH3-].[Mg+2].[c-]1cccc2ccccc12. The van der Waals surface area contributed by atoms with Gasteiger partial charge < -0.3 is 7.43 Å². The third kappa shape index (κ3) is 3.67. The first kappa shape index (κ1) is 15.4. The summed E-state index contributed by atoms with van der Waals surface area (Å²) in [5.74, 6) is 0. The summed E-state index contributed by atoms with van der Waals surface area (Å²) < 4.78 is 0. The molecular formula is C11H11BrMg. The van der Waals surface area contributed by atoms with E-state index >= 15 is 0 Å². The van der Waals surface area contributed by atoms with E-state index in [0.717, 1.165) is 0 Å². The van der Waals surface area contributed by atoms with Crippen LogP contribution in [0.1, 0.15) is 0 Å². The van der Waals surface area contributed by atoms with Crippen LogP contribution in [0.25, 0.3) is 10.8 Å². The van der Waals surface area contributed by atoms with E-state index in [4.69, 9.17) is 0 Å². The largest absolute Gasteiger partial charge is 2.00 e. The van der Waals surface area contributed by atoms with Crippen LogP contribution in [-0.4, -0.2) is 23.1 Å². The monoisotopic (exact) mass is 246 g/mol. The van der Waals surface area contributed by atoms with Crippen molar-refractivity contribution in [3.05, 3.63) is 56.0 Å². The van der Waals surface area contributed by atoms with Gasteiger partial charge in [-0.25, -0.2) is 0 Å². The maximum atomic E-state index is 3.15. The van der Waals surface area contributed by atoms with Gasteiger partial charge in [0.15, 0.2) is 0 Å². The molecule has 0 aliphatic rings. The summed E-state index contributed by atoms with van der Waals surface area (Å²) >= 11 is 0. The maximum absolute atomic E-state index is 3.15. The molecule has 2 aromatic rings. The Morgan fingerprint density at radius 3 is 2.23 bits per heavy atom. The molecule has 0 amide bonds. The fraction of sp³-hybridized carbons (Fsp3) is 0. The second-order valence-corrected chi connectivity index (χ2v) is 2.26. The fourth-order valence-corrected chi connectivity index (χ4v) is 1.06. The van der Waals surface area contributed by atoms with Crippen molar-refractivity contribution < 1.29 is 0 Å².